The molecule has 6 heteroatoms. The third kappa shape index (κ3) is 5.84. The Balaban J connectivity index is 0.000000661. The van der Waals surface area contributed by atoms with Crippen molar-refractivity contribution in [2.24, 2.45) is 0 Å². The van der Waals surface area contributed by atoms with Gasteiger partial charge >= 0.3 is 5.69 Å². The summed E-state index contributed by atoms with van der Waals surface area (Å²) in [6.45, 7) is 9.99. The maximum absolute atomic E-state index is 11.9. The van der Waals surface area contributed by atoms with Gasteiger partial charge < -0.3 is 10.3 Å². The number of rotatable bonds is 1. The van der Waals surface area contributed by atoms with Gasteiger partial charge in [-0.1, -0.05) is 39.8 Å². The van der Waals surface area contributed by atoms with Crippen LogP contribution < -0.4 is 11.0 Å². The lowest BCUT2D eigenvalue weighted by molar-refractivity contribution is 0.368. The Labute approximate surface area is 156 Å². The molecular weight excluding hydrogens is 504 g/mol. The van der Waals surface area contributed by atoms with Gasteiger partial charge in [-0.2, -0.15) is 0 Å². The van der Waals surface area contributed by atoms with Gasteiger partial charge in [-0.05, 0) is 38.1 Å². The lowest BCUT2D eigenvalue weighted by Crippen LogP contribution is -2.33. The maximum Gasteiger partial charge on any atom is 0.326 e. The minimum absolute atomic E-state index is 0.0214. The van der Waals surface area contributed by atoms with Gasteiger partial charge in [-0.25, -0.2) is 4.79 Å². The number of aromatic nitrogens is 2. The molecule has 1 fully saturated rings. The van der Waals surface area contributed by atoms with Crippen molar-refractivity contribution in [3.63, 3.8) is 0 Å². The highest BCUT2D eigenvalue weighted by Gasteiger charge is 2.18. The Morgan fingerprint density at radius 3 is 2.18 bits per heavy atom. The molecule has 2 N–H and O–H groups in total. The second-order valence-corrected chi connectivity index (χ2v) is 4.30. The molecule has 4 nitrogen and oxygen atoms in total. The van der Waals surface area contributed by atoms with E-state index in [-0.39, 0.29) is 5.69 Å². The Morgan fingerprint density at radius 1 is 1.05 bits per heavy atom. The van der Waals surface area contributed by atoms with Gasteiger partial charge in [0.25, 0.3) is 0 Å². The molecule has 0 amide bonds. The van der Waals surface area contributed by atoms with E-state index < -0.39 is 0 Å². The largest absolute Gasteiger partial charge is 0.326 e. The summed E-state index contributed by atoms with van der Waals surface area (Å²) in [5.74, 6) is 0. The molecule has 1 aliphatic heterocycles. The Morgan fingerprint density at radius 2 is 1.59 bits per heavy atom. The fourth-order valence-electron chi connectivity index (χ4n) is 2.50. The molecule has 0 spiro atoms. The highest BCUT2D eigenvalue weighted by molar-refractivity contribution is 15.0. The molecule has 3 rings (SSSR count). The third-order valence-corrected chi connectivity index (χ3v) is 3.30. The second kappa shape index (κ2) is 13.4. The van der Waals surface area contributed by atoms with Crippen molar-refractivity contribution >= 4 is 48.3 Å². The van der Waals surface area contributed by atoms with E-state index in [0.717, 1.165) is 37.0 Å². The van der Waals surface area contributed by atoms with Gasteiger partial charge in [0.15, 0.2) is 0 Å². The van der Waals surface area contributed by atoms with Crippen molar-refractivity contribution < 1.29 is 0 Å². The van der Waals surface area contributed by atoms with E-state index >= 15 is 0 Å². The predicted molar refractivity (Wildman–Crippen MR) is 114 cm³/mol. The normalized spacial score (nSPS) is 13.9. The van der Waals surface area contributed by atoms with Crippen LogP contribution in [0.4, 0.5) is 0 Å². The van der Waals surface area contributed by atoms with Gasteiger partial charge in [-0.15, -0.1) is 0 Å². The number of nitrogens with one attached hydrogen (secondary N) is 2. The number of fused-ring (bicyclic) bond motifs is 1. The zero-order chi connectivity index (χ0) is 17.0. The van der Waals surface area contributed by atoms with Crippen molar-refractivity contribution in [3.8, 4) is 0 Å². The first-order valence-electron chi connectivity index (χ1n) is 7.90. The minimum Gasteiger partial charge on any atom is -0.317 e. The Bertz CT molecular complexity index is 560. The molecule has 0 radical (unpaired) electrons. The van der Waals surface area contributed by atoms with E-state index in [2.05, 4.69) is 47.5 Å². The standard InChI is InChI=1S/C12H15N3O.2C2H6.I2/c16-12-14-10-3-1-2-4-11(10)15(12)9-5-7-13-8-6-9;3*1-2/h1-4,9,13H,5-8H2,(H,14,16);2*1-2H3;. The highest BCUT2D eigenvalue weighted by Crippen LogP contribution is 2.21. The third-order valence-electron chi connectivity index (χ3n) is 3.30. The van der Waals surface area contributed by atoms with E-state index in [9.17, 15) is 4.79 Å². The van der Waals surface area contributed by atoms with Crippen molar-refractivity contribution in [3.05, 3.63) is 34.7 Å². The summed E-state index contributed by atoms with van der Waals surface area (Å²) in [6.07, 6.45) is 2.06. The molecule has 1 aromatic heterocycles. The van der Waals surface area contributed by atoms with E-state index in [0.29, 0.717) is 6.04 Å². The molecule has 0 unspecified atom stereocenters. The van der Waals surface area contributed by atoms with Crippen LogP contribution in [-0.4, -0.2) is 22.6 Å². The molecule has 126 valence electrons. The molecule has 0 atom stereocenters. The van der Waals surface area contributed by atoms with Crippen molar-refractivity contribution in [1.29, 1.82) is 0 Å². The average molecular weight is 531 g/mol. The zero-order valence-corrected chi connectivity index (χ0v) is 18.1. The number of nitrogens with zero attached hydrogens (tertiary/aromatic N) is 1. The molecule has 0 aliphatic carbocycles. The second-order valence-electron chi connectivity index (χ2n) is 4.30. The fraction of sp³-hybridized carbons (Fsp3) is 0.562. The van der Waals surface area contributed by atoms with Crippen LogP contribution in [0.2, 0.25) is 0 Å². The number of hydrogen-bond donors (Lipinski definition) is 2. The smallest absolute Gasteiger partial charge is 0.317 e. The number of H-pyrrole nitrogens is 1. The van der Waals surface area contributed by atoms with E-state index in [1.807, 2.05) is 56.5 Å². The Kier molecular flexibility index (Phi) is 13.3. The molecule has 0 bridgehead atoms. The van der Waals surface area contributed by atoms with Crippen LogP contribution in [0.1, 0.15) is 46.6 Å². The first-order chi connectivity index (χ1) is 10.9. The zero-order valence-electron chi connectivity index (χ0n) is 13.8. The molecule has 0 saturated carbocycles. The monoisotopic (exact) mass is 531 g/mol. The minimum atomic E-state index is 0.0214. The lowest BCUT2D eigenvalue weighted by atomic mass is 10.1. The molecule has 1 aliphatic rings. The van der Waals surface area contributed by atoms with Crippen molar-refractivity contribution in [2.75, 3.05) is 13.1 Å². The van der Waals surface area contributed by atoms with Gasteiger partial charge in [0, 0.05) is 43.3 Å². The average Bonchev–Trinajstić information content (AvgIpc) is 2.97. The molecule has 2 heterocycles. The maximum atomic E-state index is 11.9. The molecule has 1 aromatic carbocycles. The van der Waals surface area contributed by atoms with Crippen LogP contribution in [0.25, 0.3) is 11.0 Å². The predicted octanol–water partition coefficient (Wildman–Crippen LogP) is 5.08. The molecule has 22 heavy (non-hydrogen) atoms. The van der Waals surface area contributed by atoms with Crippen LogP contribution >= 0.6 is 37.2 Å². The first-order valence-corrected chi connectivity index (χ1v) is 14.2. The molecular formula is C16H27I2N3O. The van der Waals surface area contributed by atoms with Crippen molar-refractivity contribution in [2.45, 2.75) is 46.6 Å². The number of piperidine rings is 1. The summed E-state index contributed by atoms with van der Waals surface area (Å²) < 4.78 is 1.91. The van der Waals surface area contributed by atoms with Crippen LogP contribution in [0, 0.1) is 0 Å². The fourth-order valence-corrected chi connectivity index (χ4v) is 2.50. The summed E-state index contributed by atoms with van der Waals surface area (Å²) in [5.41, 5.74) is 1.98. The number of benzene rings is 1. The van der Waals surface area contributed by atoms with Crippen molar-refractivity contribution in [1.82, 2.24) is 14.9 Å². The number of aromatic amines is 1. The molecule has 1 saturated heterocycles. The summed E-state index contributed by atoms with van der Waals surface area (Å²) >= 11 is 4.24. The summed E-state index contributed by atoms with van der Waals surface area (Å²) in [6, 6.07) is 8.23. The quantitative estimate of drug-likeness (QED) is 0.505. The SMILES string of the molecule is CC.CC.II.O=c1[nH]c2ccccc2n1C1CCNCC1. The number of imidazole rings is 1. The van der Waals surface area contributed by atoms with E-state index in [1.165, 1.54) is 0 Å². The first kappa shape index (κ1) is 21.9. The van der Waals surface area contributed by atoms with Crippen LogP contribution in [-0.2, 0) is 0 Å². The summed E-state index contributed by atoms with van der Waals surface area (Å²) in [5, 5.41) is 3.32. The highest BCUT2D eigenvalue weighted by atomic mass is 128. The van der Waals surface area contributed by atoms with Gasteiger partial charge in [0.2, 0.25) is 0 Å². The summed E-state index contributed by atoms with van der Waals surface area (Å²) in [4.78, 5) is 14.8. The molecule has 2 aromatic rings. The Hall–Kier alpha value is -0.0900. The van der Waals surface area contributed by atoms with Crippen LogP contribution in [0.5, 0.6) is 0 Å². The van der Waals surface area contributed by atoms with Gasteiger partial charge in [0.1, 0.15) is 0 Å². The van der Waals surface area contributed by atoms with Gasteiger partial charge in [0.05, 0.1) is 11.0 Å². The van der Waals surface area contributed by atoms with Crippen LogP contribution in [0.15, 0.2) is 29.1 Å². The number of hydrogen-bond acceptors (Lipinski definition) is 2. The van der Waals surface area contributed by atoms with Crippen LogP contribution in [0.3, 0.4) is 0 Å². The lowest BCUT2D eigenvalue weighted by Gasteiger charge is -2.23. The van der Waals surface area contributed by atoms with Gasteiger partial charge in [-0.3, -0.25) is 4.57 Å². The number of halogens is 2. The van der Waals surface area contributed by atoms with E-state index in [4.69, 9.17) is 0 Å². The topological polar surface area (TPSA) is 49.8 Å². The number of para-hydroxylation sites is 2. The summed E-state index contributed by atoms with van der Waals surface area (Å²) in [7, 11) is 0. The van der Waals surface area contributed by atoms with E-state index in [1.54, 1.807) is 0 Å².